The topological polar surface area (TPSA) is 69.2 Å². The fourth-order valence-corrected chi connectivity index (χ4v) is 4.15. The van der Waals surface area contributed by atoms with E-state index >= 15 is 0 Å². The third-order valence-corrected chi connectivity index (χ3v) is 5.40. The molecule has 0 bridgehead atoms. The highest BCUT2D eigenvalue weighted by molar-refractivity contribution is 6.31. The summed E-state index contributed by atoms with van der Waals surface area (Å²) in [5, 5.41) is 19.6. The van der Waals surface area contributed by atoms with Gasteiger partial charge in [-0.2, -0.15) is 5.10 Å². The van der Waals surface area contributed by atoms with Crippen LogP contribution in [0.3, 0.4) is 0 Å². The van der Waals surface area contributed by atoms with E-state index in [1.165, 1.54) is 0 Å². The van der Waals surface area contributed by atoms with Crippen LogP contribution in [0.5, 0.6) is 0 Å². The van der Waals surface area contributed by atoms with Crippen LogP contribution in [0.4, 0.5) is 0 Å². The van der Waals surface area contributed by atoms with Crippen LogP contribution < -0.4 is 0 Å². The summed E-state index contributed by atoms with van der Waals surface area (Å²) in [6, 6.07) is 12.8. The number of nitrogens with one attached hydrogen (secondary N) is 1. The van der Waals surface area contributed by atoms with Crippen LogP contribution in [-0.2, 0) is 5.60 Å². The van der Waals surface area contributed by atoms with Crippen LogP contribution in [0, 0.1) is 0 Å². The number of aromatic nitrogens is 2. The third-order valence-electron chi connectivity index (χ3n) is 5.19. The molecule has 1 aliphatic carbocycles. The highest BCUT2D eigenvalue weighted by Crippen LogP contribution is 2.42. The first-order chi connectivity index (χ1) is 13.0. The van der Waals surface area contributed by atoms with Gasteiger partial charge in [0.25, 0.3) is 5.91 Å². The molecule has 5 nitrogen and oxygen atoms in total. The predicted octanol–water partition coefficient (Wildman–Crippen LogP) is 3.43. The van der Waals surface area contributed by atoms with Gasteiger partial charge in [0.1, 0.15) is 5.60 Å². The minimum absolute atomic E-state index is 0.00433. The summed E-state index contributed by atoms with van der Waals surface area (Å²) >= 11 is 6.22. The van der Waals surface area contributed by atoms with E-state index in [1.807, 2.05) is 42.5 Å². The molecule has 2 heterocycles. The van der Waals surface area contributed by atoms with Crippen molar-refractivity contribution in [2.75, 3.05) is 13.1 Å². The maximum absolute atomic E-state index is 12.7. The lowest BCUT2D eigenvalue weighted by atomic mass is 9.92. The van der Waals surface area contributed by atoms with Gasteiger partial charge in [-0.25, -0.2) is 0 Å². The van der Waals surface area contributed by atoms with E-state index in [4.69, 9.17) is 11.6 Å². The number of carbonyl (C=O) groups excluding carboxylic acids is 1. The number of amides is 1. The van der Waals surface area contributed by atoms with Gasteiger partial charge in [0.05, 0.1) is 11.7 Å². The van der Waals surface area contributed by atoms with Gasteiger partial charge in [0.2, 0.25) is 0 Å². The summed E-state index contributed by atoms with van der Waals surface area (Å²) in [6.45, 7) is 0.966. The molecule has 2 aromatic carbocycles. The minimum Gasteiger partial charge on any atom is -0.377 e. The number of likely N-dealkylation sites (tertiary alicyclic amines) is 1. The molecule has 0 atom stereocenters. The number of carbonyl (C=O) groups is 1. The number of benzene rings is 2. The van der Waals surface area contributed by atoms with Crippen molar-refractivity contribution in [3.63, 3.8) is 0 Å². The van der Waals surface area contributed by atoms with E-state index in [0.29, 0.717) is 29.2 Å². The van der Waals surface area contributed by atoms with Gasteiger partial charge in [0.15, 0.2) is 0 Å². The van der Waals surface area contributed by atoms with Crippen molar-refractivity contribution in [3.05, 3.63) is 88.1 Å². The fraction of sp³-hybridized carbons (Fsp3) is 0.143. The van der Waals surface area contributed by atoms with Crippen molar-refractivity contribution < 1.29 is 9.90 Å². The number of halogens is 1. The van der Waals surface area contributed by atoms with Crippen molar-refractivity contribution in [2.24, 2.45) is 0 Å². The Bertz CT molecular complexity index is 1110. The van der Waals surface area contributed by atoms with Crippen molar-refractivity contribution in [2.45, 2.75) is 5.60 Å². The molecule has 1 fully saturated rings. The molecule has 6 heteroatoms. The van der Waals surface area contributed by atoms with Crippen LogP contribution in [-0.4, -0.2) is 39.2 Å². The Hall–Kier alpha value is -2.89. The lowest BCUT2D eigenvalue weighted by Gasteiger charge is -2.22. The number of hydrogen-bond donors (Lipinski definition) is 2. The second-order valence-corrected chi connectivity index (χ2v) is 7.41. The van der Waals surface area contributed by atoms with Gasteiger partial charge < -0.3 is 10.0 Å². The first kappa shape index (κ1) is 16.3. The predicted molar refractivity (Wildman–Crippen MR) is 104 cm³/mol. The van der Waals surface area contributed by atoms with Gasteiger partial charge in [-0.15, -0.1) is 0 Å². The molecule has 1 aliphatic heterocycles. The van der Waals surface area contributed by atoms with E-state index < -0.39 is 5.60 Å². The van der Waals surface area contributed by atoms with Gasteiger partial charge in [-0.3, -0.25) is 9.89 Å². The molecular formula is C21H16ClN3O2. The fourth-order valence-electron chi connectivity index (χ4n) is 3.93. The Labute approximate surface area is 160 Å². The minimum atomic E-state index is -1.25. The zero-order chi connectivity index (χ0) is 18.6. The van der Waals surface area contributed by atoms with Crippen LogP contribution in [0.2, 0.25) is 5.02 Å². The van der Waals surface area contributed by atoms with Crippen LogP contribution in [0.1, 0.15) is 15.9 Å². The smallest absolute Gasteiger partial charge is 0.254 e. The van der Waals surface area contributed by atoms with E-state index in [2.05, 4.69) is 10.2 Å². The van der Waals surface area contributed by atoms with Gasteiger partial charge in [-0.05, 0) is 47.6 Å². The molecule has 5 rings (SSSR count). The molecule has 3 aromatic rings. The van der Waals surface area contributed by atoms with Crippen molar-refractivity contribution >= 4 is 28.4 Å². The first-order valence-electron chi connectivity index (χ1n) is 8.67. The molecular weight excluding hydrogens is 362 g/mol. The number of aliphatic hydroxyl groups is 1. The first-order valence-corrected chi connectivity index (χ1v) is 9.05. The van der Waals surface area contributed by atoms with Gasteiger partial charge >= 0.3 is 0 Å². The standard InChI is InChI=1S/C21H16ClN3O2/c22-16-6-18(17-10-23-24-19(17)7-16)21(27)8-14-11-25(12-15(14)9-21)20(26)13-4-2-1-3-5-13/h1-10,27H,11-12H2,(H,23,24). The Kier molecular flexibility index (Phi) is 3.50. The van der Waals surface area contributed by atoms with E-state index in [-0.39, 0.29) is 5.91 Å². The summed E-state index contributed by atoms with van der Waals surface area (Å²) in [4.78, 5) is 14.5. The molecule has 1 amide bonds. The summed E-state index contributed by atoms with van der Waals surface area (Å²) in [5.41, 5.74) is 2.83. The maximum Gasteiger partial charge on any atom is 0.254 e. The zero-order valence-electron chi connectivity index (χ0n) is 14.3. The molecule has 0 unspecified atom stereocenters. The van der Waals surface area contributed by atoms with Crippen LogP contribution >= 0.6 is 11.6 Å². The van der Waals surface area contributed by atoms with Crippen LogP contribution in [0.15, 0.2) is 72.0 Å². The zero-order valence-corrected chi connectivity index (χ0v) is 15.1. The van der Waals surface area contributed by atoms with Crippen molar-refractivity contribution in [1.29, 1.82) is 0 Å². The molecule has 1 aromatic heterocycles. The quantitative estimate of drug-likeness (QED) is 0.719. The van der Waals surface area contributed by atoms with Crippen molar-refractivity contribution in [3.8, 4) is 0 Å². The van der Waals surface area contributed by atoms with Crippen LogP contribution in [0.25, 0.3) is 10.9 Å². The molecule has 0 radical (unpaired) electrons. The SMILES string of the molecule is O=C(c1ccccc1)N1CC2=CC(O)(c3cc(Cl)cc4[nH]ncc34)C=C2C1. The summed E-state index contributed by atoms with van der Waals surface area (Å²) < 4.78 is 0. The summed E-state index contributed by atoms with van der Waals surface area (Å²) in [7, 11) is 0. The van der Waals surface area contributed by atoms with Gasteiger partial charge in [0, 0.05) is 34.6 Å². The number of fused-ring (bicyclic) bond motifs is 2. The molecule has 27 heavy (non-hydrogen) atoms. The Morgan fingerprint density at radius 2 is 1.85 bits per heavy atom. The number of hydrogen-bond acceptors (Lipinski definition) is 3. The lowest BCUT2D eigenvalue weighted by molar-refractivity contribution is 0.0797. The molecule has 0 spiro atoms. The Morgan fingerprint density at radius 1 is 1.15 bits per heavy atom. The second-order valence-electron chi connectivity index (χ2n) is 6.98. The number of rotatable bonds is 2. The third kappa shape index (κ3) is 2.59. The summed E-state index contributed by atoms with van der Waals surface area (Å²) in [5.74, 6) is -0.00433. The van der Waals surface area contributed by atoms with Gasteiger partial charge in [-0.1, -0.05) is 29.8 Å². The van der Waals surface area contributed by atoms with E-state index in [1.54, 1.807) is 23.2 Å². The average molecular weight is 378 g/mol. The number of aromatic amines is 1. The highest BCUT2D eigenvalue weighted by atomic mass is 35.5. The highest BCUT2D eigenvalue weighted by Gasteiger charge is 2.38. The lowest BCUT2D eigenvalue weighted by Crippen LogP contribution is -2.29. The van der Waals surface area contributed by atoms with Crippen molar-refractivity contribution in [1.82, 2.24) is 15.1 Å². The number of nitrogens with zero attached hydrogens (tertiary/aromatic N) is 2. The Morgan fingerprint density at radius 3 is 2.56 bits per heavy atom. The molecule has 2 aliphatic rings. The number of H-pyrrole nitrogens is 1. The second kappa shape index (κ2) is 5.81. The molecule has 134 valence electrons. The maximum atomic E-state index is 12.7. The normalized spacial score (nSPS) is 17.8. The van der Waals surface area contributed by atoms with E-state index in [0.717, 1.165) is 22.0 Å². The summed E-state index contributed by atoms with van der Waals surface area (Å²) in [6.07, 6.45) is 5.33. The molecule has 2 N–H and O–H groups in total. The largest absolute Gasteiger partial charge is 0.377 e. The molecule has 1 saturated heterocycles. The monoisotopic (exact) mass is 377 g/mol. The molecule has 0 saturated carbocycles. The Balaban J connectivity index is 1.48. The average Bonchev–Trinajstić information content (AvgIpc) is 3.34. The van der Waals surface area contributed by atoms with E-state index in [9.17, 15) is 9.90 Å².